The number of benzene rings is 2. The van der Waals surface area contributed by atoms with Crippen molar-refractivity contribution in [3.63, 3.8) is 0 Å². The van der Waals surface area contributed by atoms with E-state index in [1.165, 1.54) is 0 Å². The smallest absolute Gasteiger partial charge is 0.228 e. The van der Waals surface area contributed by atoms with Crippen LogP contribution in [-0.2, 0) is 11.2 Å². The maximum atomic E-state index is 12.5. The van der Waals surface area contributed by atoms with Crippen LogP contribution < -0.4 is 19.5 Å². The summed E-state index contributed by atoms with van der Waals surface area (Å²) >= 11 is 12.4. The van der Waals surface area contributed by atoms with E-state index in [0.717, 1.165) is 12.0 Å². The Hall–Kier alpha value is -2.11. The average Bonchev–Trinajstić information content (AvgIpc) is 2.84. The highest BCUT2D eigenvalue weighted by atomic mass is 35.5. The van der Waals surface area contributed by atoms with Crippen LogP contribution in [0.15, 0.2) is 30.3 Å². The summed E-state index contributed by atoms with van der Waals surface area (Å²) in [5.74, 6) is 1.35. The van der Waals surface area contributed by atoms with E-state index < -0.39 is 0 Å². The van der Waals surface area contributed by atoms with Crippen molar-refractivity contribution >= 4 is 34.8 Å². The van der Waals surface area contributed by atoms with Gasteiger partial charge in [-0.2, -0.15) is 0 Å². The second-order valence-electron chi connectivity index (χ2n) is 5.73. The first-order chi connectivity index (χ1) is 12.6. The number of hydrogen-bond donors (Lipinski definition) is 1. The summed E-state index contributed by atoms with van der Waals surface area (Å²) in [5.41, 5.74) is 1.27. The summed E-state index contributed by atoms with van der Waals surface area (Å²) in [6.45, 7) is 3.42. The van der Waals surface area contributed by atoms with Crippen molar-refractivity contribution in [1.29, 1.82) is 0 Å². The molecule has 0 aromatic heterocycles. The highest BCUT2D eigenvalue weighted by molar-refractivity contribution is 6.33. The molecule has 5 nitrogen and oxygen atoms in total. The third-order valence-corrected chi connectivity index (χ3v) is 4.33. The summed E-state index contributed by atoms with van der Waals surface area (Å²) < 4.78 is 16.8. The lowest BCUT2D eigenvalue weighted by atomic mass is 10.1. The lowest BCUT2D eigenvalue weighted by Gasteiger charge is -2.14. The number of hydrogen-bond acceptors (Lipinski definition) is 4. The fourth-order valence-corrected chi connectivity index (χ4v) is 3.18. The van der Waals surface area contributed by atoms with Gasteiger partial charge in [-0.3, -0.25) is 4.79 Å². The molecule has 2 aromatic rings. The molecule has 0 saturated heterocycles. The fourth-order valence-electron chi connectivity index (χ4n) is 2.66. The Kier molecular flexibility index (Phi) is 6.12. The van der Waals surface area contributed by atoms with Crippen molar-refractivity contribution < 1.29 is 19.0 Å². The van der Waals surface area contributed by atoms with Gasteiger partial charge in [0.1, 0.15) is 0 Å². The van der Waals surface area contributed by atoms with E-state index in [1.54, 1.807) is 30.3 Å². The highest BCUT2D eigenvalue weighted by Crippen LogP contribution is 2.38. The molecule has 0 saturated carbocycles. The van der Waals surface area contributed by atoms with Gasteiger partial charge in [0.2, 0.25) is 5.91 Å². The normalized spacial score (nSPS) is 13.0. The minimum atomic E-state index is -0.209. The molecule has 1 heterocycles. The van der Waals surface area contributed by atoms with Crippen LogP contribution in [0.2, 0.25) is 10.0 Å². The predicted octanol–water partition coefficient (Wildman–Crippen LogP) is 4.73. The highest BCUT2D eigenvalue weighted by Gasteiger charge is 2.17. The SMILES string of the molecule is CCOc1c(Cl)cccc1NC(=O)Cc1cc(Cl)c2c(c1)OCCCO2. The molecule has 0 radical (unpaired) electrons. The van der Waals surface area contributed by atoms with Gasteiger partial charge in [0.25, 0.3) is 0 Å². The Bertz CT molecular complexity index is 810. The van der Waals surface area contributed by atoms with Crippen molar-refractivity contribution in [2.45, 2.75) is 19.8 Å². The molecular formula is C19H19Cl2NO4. The van der Waals surface area contributed by atoms with E-state index in [2.05, 4.69) is 5.32 Å². The molecule has 138 valence electrons. The molecule has 3 rings (SSSR count). The summed E-state index contributed by atoms with van der Waals surface area (Å²) in [4.78, 5) is 12.5. The molecule has 0 unspecified atom stereocenters. The van der Waals surface area contributed by atoms with Crippen molar-refractivity contribution in [3.05, 3.63) is 45.9 Å². The fraction of sp³-hybridized carbons (Fsp3) is 0.316. The first kappa shape index (κ1) is 18.7. The van der Waals surface area contributed by atoms with E-state index in [1.807, 2.05) is 6.92 Å². The molecule has 7 heteroatoms. The monoisotopic (exact) mass is 395 g/mol. The van der Waals surface area contributed by atoms with E-state index in [9.17, 15) is 4.79 Å². The summed E-state index contributed by atoms with van der Waals surface area (Å²) in [7, 11) is 0. The van der Waals surface area contributed by atoms with Crippen LogP contribution in [-0.4, -0.2) is 25.7 Å². The van der Waals surface area contributed by atoms with Crippen LogP contribution in [0.25, 0.3) is 0 Å². The third-order valence-electron chi connectivity index (χ3n) is 3.76. The summed E-state index contributed by atoms with van der Waals surface area (Å²) in [6.07, 6.45) is 0.921. The molecule has 0 bridgehead atoms. The molecule has 0 spiro atoms. The molecule has 1 aliphatic heterocycles. The van der Waals surface area contributed by atoms with E-state index in [-0.39, 0.29) is 12.3 Å². The van der Waals surface area contributed by atoms with Gasteiger partial charge < -0.3 is 19.5 Å². The van der Waals surface area contributed by atoms with Gasteiger partial charge in [0.15, 0.2) is 17.2 Å². The number of carbonyl (C=O) groups excluding carboxylic acids is 1. The zero-order valence-corrected chi connectivity index (χ0v) is 15.8. The van der Waals surface area contributed by atoms with Crippen LogP contribution in [0.1, 0.15) is 18.9 Å². The van der Waals surface area contributed by atoms with Gasteiger partial charge in [0, 0.05) is 6.42 Å². The number of fused-ring (bicyclic) bond motifs is 1. The largest absolute Gasteiger partial charge is 0.490 e. The van der Waals surface area contributed by atoms with Crippen molar-refractivity contribution in [2.24, 2.45) is 0 Å². The molecule has 0 aliphatic carbocycles. The standard InChI is InChI=1S/C19H19Cl2NO4/c1-2-24-18-13(20)5-3-6-15(18)22-17(23)11-12-9-14(21)19-16(10-12)25-7-4-8-26-19/h3,5-6,9-10H,2,4,7-8,11H2,1H3,(H,22,23). The van der Waals surface area contributed by atoms with Crippen LogP contribution >= 0.6 is 23.2 Å². The van der Waals surface area contributed by atoms with E-state index >= 15 is 0 Å². The molecule has 1 N–H and O–H groups in total. The van der Waals surface area contributed by atoms with Crippen LogP contribution in [0, 0.1) is 0 Å². The molecule has 0 atom stereocenters. The number of nitrogens with one attached hydrogen (secondary N) is 1. The number of anilines is 1. The molecule has 26 heavy (non-hydrogen) atoms. The average molecular weight is 396 g/mol. The maximum Gasteiger partial charge on any atom is 0.228 e. The van der Waals surface area contributed by atoms with E-state index in [4.69, 9.17) is 37.4 Å². The Balaban J connectivity index is 1.76. The number of rotatable bonds is 5. The Morgan fingerprint density at radius 1 is 1.19 bits per heavy atom. The van der Waals surface area contributed by atoms with Crippen molar-refractivity contribution in [2.75, 3.05) is 25.1 Å². The summed E-state index contributed by atoms with van der Waals surface area (Å²) in [5, 5.41) is 3.72. The number of halogens is 2. The van der Waals surface area contributed by atoms with Gasteiger partial charge in [0.05, 0.1) is 42.0 Å². The lowest BCUT2D eigenvalue weighted by Crippen LogP contribution is -2.15. The summed E-state index contributed by atoms with van der Waals surface area (Å²) in [6, 6.07) is 8.72. The Morgan fingerprint density at radius 2 is 2.00 bits per heavy atom. The quantitative estimate of drug-likeness (QED) is 0.794. The zero-order valence-electron chi connectivity index (χ0n) is 14.3. The van der Waals surface area contributed by atoms with E-state index in [0.29, 0.717) is 52.8 Å². The van der Waals surface area contributed by atoms with Gasteiger partial charge in [-0.1, -0.05) is 29.3 Å². The van der Waals surface area contributed by atoms with Crippen LogP contribution in [0.5, 0.6) is 17.2 Å². The molecule has 1 amide bonds. The van der Waals surface area contributed by atoms with Gasteiger partial charge in [-0.25, -0.2) is 0 Å². The first-order valence-electron chi connectivity index (χ1n) is 8.37. The van der Waals surface area contributed by atoms with Gasteiger partial charge in [-0.05, 0) is 36.8 Å². The van der Waals surface area contributed by atoms with Gasteiger partial charge in [-0.15, -0.1) is 0 Å². The second kappa shape index (κ2) is 8.52. The lowest BCUT2D eigenvalue weighted by molar-refractivity contribution is -0.115. The topological polar surface area (TPSA) is 56.8 Å². The number of amides is 1. The van der Waals surface area contributed by atoms with Gasteiger partial charge >= 0.3 is 0 Å². The third kappa shape index (κ3) is 4.34. The predicted molar refractivity (Wildman–Crippen MR) is 102 cm³/mol. The number of para-hydroxylation sites is 1. The Labute approximate surface area is 162 Å². The second-order valence-corrected chi connectivity index (χ2v) is 6.54. The molecule has 0 fully saturated rings. The number of carbonyl (C=O) groups is 1. The minimum absolute atomic E-state index is 0.133. The van der Waals surface area contributed by atoms with Crippen LogP contribution in [0.4, 0.5) is 5.69 Å². The molecule has 1 aliphatic rings. The first-order valence-corrected chi connectivity index (χ1v) is 9.13. The van der Waals surface area contributed by atoms with Crippen molar-refractivity contribution in [3.8, 4) is 17.2 Å². The van der Waals surface area contributed by atoms with Crippen LogP contribution in [0.3, 0.4) is 0 Å². The maximum absolute atomic E-state index is 12.5. The van der Waals surface area contributed by atoms with Crippen molar-refractivity contribution in [1.82, 2.24) is 0 Å². The number of ether oxygens (including phenoxy) is 3. The Morgan fingerprint density at radius 3 is 2.81 bits per heavy atom. The zero-order chi connectivity index (χ0) is 18.5. The molecular weight excluding hydrogens is 377 g/mol. The minimum Gasteiger partial charge on any atom is -0.490 e. The molecule has 2 aromatic carbocycles.